The van der Waals surface area contributed by atoms with Gasteiger partial charge in [-0.15, -0.1) is 0 Å². The monoisotopic (exact) mass is 289 g/mol. The summed E-state index contributed by atoms with van der Waals surface area (Å²) in [6.07, 6.45) is 2.92. The maximum absolute atomic E-state index is 6.15. The van der Waals surface area contributed by atoms with Crippen LogP contribution in [0.25, 0.3) is 11.0 Å². The highest BCUT2D eigenvalue weighted by Crippen LogP contribution is 2.30. The lowest BCUT2D eigenvalue weighted by Crippen LogP contribution is -2.46. The smallest absolute Gasteiger partial charge is 0.128 e. The van der Waals surface area contributed by atoms with E-state index in [4.69, 9.17) is 5.73 Å². The number of nitrogens with zero attached hydrogens (tertiary/aromatic N) is 4. The lowest BCUT2D eigenvalue weighted by atomic mass is 9.96. The first-order chi connectivity index (χ1) is 9.69. The van der Waals surface area contributed by atoms with Gasteiger partial charge < -0.3 is 10.6 Å². The van der Waals surface area contributed by atoms with Gasteiger partial charge in [-0.3, -0.25) is 4.99 Å². The van der Waals surface area contributed by atoms with Crippen LogP contribution in [0.3, 0.4) is 0 Å². The van der Waals surface area contributed by atoms with E-state index in [0.717, 1.165) is 41.8 Å². The first kappa shape index (κ1) is 13.5. The van der Waals surface area contributed by atoms with Crippen molar-refractivity contribution < 1.29 is 0 Å². The van der Waals surface area contributed by atoms with E-state index >= 15 is 0 Å². The molecule has 0 amide bonds. The quantitative estimate of drug-likeness (QED) is 0.858. The lowest BCUT2D eigenvalue weighted by Gasteiger charge is -2.36. The van der Waals surface area contributed by atoms with E-state index in [2.05, 4.69) is 37.7 Å². The number of fused-ring (bicyclic) bond motifs is 1. The summed E-state index contributed by atoms with van der Waals surface area (Å²) >= 11 is 1.25. The summed E-state index contributed by atoms with van der Waals surface area (Å²) in [5.74, 6) is 0.609. The number of hydrogen-bond donors (Lipinski definition) is 1. The van der Waals surface area contributed by atoms with Gasteiger partial charge in [0.2, 0.25) is 0 Å². The van der Waals surface area contributed by atoms with Crippen LogP contribution in [0.5, 0.6) is 0 Å². The maximum atomic E-state index is 6.15. The van der Waals surface area contributed by atoms with Crippen molar-refractivity contribution in [3.05, 3.63) is 17.7 Å². The first-order valence-corrected chi connectivity index (χ1v) is 7.60. The Balaban J connectivity index is 2.04. The molecule has 6 heteroatoms. The second-order valence-electron chi connectivity index (χ2n) is 5.53. The molecule has 0 bridgehead atoms. The van der Waals surface area contributed by atoms with Gasteiger partial charge >= 0.3 is 0 Å². The van der Waals surface area contributed by atoms with Crippen molar-refractivity contribution in [3.63, 3.8) is 0 Å². The largest absolute Gasteiger partial charge is 0.368 e. The molecule has 1 aromatic carbocycles. The van der Waals surface area contributed by atoms with Crippen molar-refractivity contribution in [1.29, 1.82) is 0 Å². The molecule has 2 N–H and O–H groups in total. The Labute approximate surface area is 122 Å². The Morgan fingerprint density at radius 3 is 2.90 bits per heavy atom. The number of nitrogens with two attached hydrogens (primary N) is 1. The van der Waals surface area contributed by atoms with Crippen molar-refractivity contribution in [3.8, 4) is 0 Å². The molecule has 1 fully saturated rings. The number of piperidine rings is 1. The van der Waals surface area contributed by atoms with Crippen LogP contribution in [0, 0.1) is 5.92 Å². The fraction of sp³-hybridized carbons (Fsp3) is 0.500. The normalized spacial score (nSPS) is 23.9. The van der Waals surface area contributed by atoms with Crippen LogP contribution >= 0.6 is 11.7 Å². The fourth-order valence-corrected chi connectivity index (χ4v) is 3.54. The number of aromatic nitrogens is 2. The predicted octanol–water partition coefficient (Wildman–Crippen LogP) is 1.91. The molecule has 1 saturated heterocycles. The molecule has 0 aliphatic carbocycles. The Kier molecular flexibility index (Phi) is 3.67. The summed E-state index contributed by atoms with van der Waals surface area (Å²) in [7, 11) is 1.77. The summed E-state index contributed by atoms with van der Waals surface area (Å²) in [4.78, 5) is 6.42. The molecule has 1 aromatic heterocycles. The van der Waals surface area contributed by atoms with E-state index in [-0.39, 0.29) is 6.04 Å². The molecule has 1 aliphatic heterocycles. The van der Waals surface area contributed by atoms with Crippen molar-refractivity contribution >= 4 is 34.7 Å². The van der Waals surface area contributed by atoms with Crippen LogP contribution in [0.15, 0.2) is 17.1 Å². The van der Waals surface area contributed by atoms with Gasteiger partial charge in [-0.05, 0) is 24.5 Å². The SMILES string of the molecule is CN=Cc1ccc(N2C[C@@H](C)C[C@@H](N)C2)c2nsnc12. The highest BCUT2D eigenvalue weighted by molar-refractivity contribution is 7.00. The molecular formula is C14H19N5S. The predicted molar refractivity (Wildman–Crippen MR) is 84.9 cm³/mol. The van der Waals surface area contributed by atoms with Gasteiger partial charge in [0, 0.05) is 38.0 Å². The van der Waals surface area contributed by atoms with E-state index in [9.17, 15) is 0 Å². The van der Waals surface area contributed by atoms with Crippen LogP contribution < -0.4 is 10.6 Å². The molecule has 0 saturated carbocycles. The molecule has 106 valence electrons. The molecule has 1 aliphatic rings. The van der Waals surface area contributed by atoms with E-state index in [0.29, 0.717) is 5.92 Å². The Hall–Kier alpha value is -1.53. The number of rotatable bonds is 2. The van der Waals surface area contributed by atoms with Gasteiger partial charge in [-0.25, -0.2) is 0 Å². The minimum Gasteiger partial charge on any atom is -0.368 e. The van der Waals surface area contributed by atoms with Gasteiger partial charge in [0.1, 0.15) is 11.0 Å². The van der Waals surface area contributed by atoms with Crippen molar-refractivity contribution in [2.45, 2.75) is 19.4 Å². The maximum Gasteiger partial charge on any atom is 0.128 e. The number of anilines is 1. The molecule has 0 radical (unpaired) electrons. The third kappa shape index (κ3) is 2.41. The number of benzene rings is 1. The van der Waals surface area contributed by atoms with Gasteiger partial charge in [0.05, 0.1) is 17.4 Å². The van der Waals surface area contributed by atoms with Gasteiger partial charge in [0.15, 0.2) is 0 Å². The van der Waals surface area contributed by atoms with Gasteiger partial charge in [-0.2, -0.15) is 8.75 Å². The molecule has 2 atom stereocenters. The van der Waals surface area contributed by atoms with Crippen LogP contribution in [-0.4, -0.2) is 41.1 Å². The topological polar surface area (TPSA) is 67.4 Å². The summed E-state index contributed by atoms with van der Waals surface area (Å²) in [5.41, 5.74) is 10.2. The Morgan fingerprint density at radius 2 is 2.15 bits per heavy atom. The van der Waals surface area contributed by atoms with E-state index < -0.39 is 0 Å². The molecule has 5 nitrogen and oxygen atoms in total. The average molecular weight is 289 g/mol. The summed E-state index contributed by atoms with van der Waals surface area (Å²) < 4.78 is 8.89. The molecule has 2 aromatic rings. The second-order valence-corrected chi connectivity index (χ2v) is 6.06. The van der Waals surface area contributed by atoms with Crippen molar-refractivity contribution in [2.75, 3.05) is 25.0 Å². The zero-order chi connectivity index (χ0) is 14.1. The third-order valence-corrected chi connectivity index (χ3v) is 4.25. The fourth-order valence-electron chi connectivity index (χ4n) is 2.97. The zero-order valence-corrected chi connectivity index (χ0v) is 12.6. The summed E-state index contributed by atoms with van der Waals surface area (Å²) in [5, 5.41) is 0. The minimum absolute atomic E-state index is 0.234. The van der Waals surface area contributed by atoms with Gasteiger partial charge in [0.25, 0.3) is 0 Å². The Morgan fingerprint density at radius 1 is 1.35 bits per heavy atom. The highest BCUT2D eigenvalue weighted by Gasteiger charge is 2.24. The van der Waals surface area contributed by atoms with Crippen LogP contribution in [0.4, 0.5) is 5.69 Å². The molecule has 3 rings (SSSR count). The molecule has 20 heavy (non-hydrogen) atoms. The standard InChI is InChI=1S/C14H19N5S/c1-9-5-11(15)8-19(7-9)12-4-3-10(6-16-2)13-14(12)18-20-17-13/h3-4,6,9,11H,5,7-8,15H2,1-2H3/t9-,11+/m0/s1. The van der Waals surface area contributed by atoms with Crippen LogP contribution in [0.1, 0.15) is 18.9 Å². The van der Waals surface area contributed by atoms with E-state index in [1.807, 2.05) is 6.21 Å². The van der Waals surface area contributed by atoms with Crippen molar-refractivity contribution in [2.24, 2.45) is 16.6 Å². The number of aliphatic imine (C=N–C) groups is 1. The highest BCUT2D eigenvalue weighted by atomic mass is 32.1. The average Bonchev–Trinajstić information content (AvgIpc) is 2.87. The third-order valence-electron chi connectivity index (χ3n) is 3.73. The first-order valence-electron chi connectivity index (χ1n) is 6.87. The van der Waals surface area contributed by atoms with E-state index in [1.54, 1.807) is 7.05 Å². The van der Waals surface area contributed by atoms with Crippen LogP contribution in [0.2, 0.25) is 0 Å². The minimum atomic E-state index is 0.234. The summed E-state index contributed by atoms with van der Waals surface area (Å²) in [6, 6.07) is 4.42. The lowest BCUT2D eigenvalue weighted by molar-refractivity contribution is 0.402. The summed E-state index contributed by atoms with van der Waals surface area (Å²) in [6.45, 7) is 4.17. The van der Waals surface area contributed by atoms with E-state index in [1.165, 1.54) is 11.7 Å². The molecule has 2 heterocycles. The van der Waals surface area contributed by atoms with Gasteiger partial charge in [-0.1, -0.05) is 6.92 Å². The molecule has 0 spiro atoms. The molecular weight excluding hydrogens is 270 g/mol. The Bertz CT molecular complexity index is 626. The molecule has 0 unspecified atom stereocenters. The zero-order valence-electron chi connectivity index (χ0n) is 11.8. The van der Waals surface area contributed by atoms with Crippen molar-refractivity contribution in [1.82, 2.24) is 8.75 Å². The van der Waals surface area contributed by atoms with Crippen LogP contribution in [-0.2, 0) is 0 Å². The number of hydrogen-bond acceptors (Lipinski definition) is 6. The second kappa shape index (κ2) is 5.46.